The highest BCUT2D eigenvalue weighted by Crippen LogP contribution is 2.45. The molecule has 1 aromatic carbocycles. The van der Waals surface area contributed by atoms with E-state index in [2.05, 4.69) is 5.32 Å². The molecule has 0 aromatic heterocycles. The van der Waals surface area contributed by atoms with Crippen molar-refractivity contribution >= 4 is 5.91 Å². The molecule has 3 nitrogen and oxygen atoms in total. The number of benzene rings is 1. The summed E-state index contributed by atoms with van der Waals surface area (Å²) in [5, 5.41) is 11.7. The van der Waals surface area contributed by atoms with Crippen molar-refractivity contribution in [3.63, 3.8) is 0 Å². The van der Waals surface area contributed by atoms with Crippen molar-refractivity contribution in [2.75, 3.05) is 6.61 Å². The van der Waals surface area contributed by atoms with Crippen LogP contribution in [0.2, 0.25) is 0 Å². The topological polar surface area (TPSA) is 49.3 Å². The Bertz CT molecular complexity index is 553. The van der Waals surface area contributed by atoms with Gasteiger partial charge in [0.05, 0.1) is 11.0 Å². The molecule has 2 N–H and O–H groups in total. The van der Waals surface area contributed by atoms with E-state index < -0.39 is 17.2 Å². The molecule has 1 unspecified atom stereocenters. The van der Waals surface area contributed by atoms with Gasteiger partial charge < -0.3 is 10.4 Å². The fraction of sp³-hybridized carbons (Fsp3) is 0.588. The van der Waals surface area contributed by atoms with Crippen LogP contribution in [0.15, 0.2) is 24.3 Å². The summed E-state index contributed by atoms with van der Waals surface area (Å²) < 4.78 is 38.7. The number of amides is 1. The summed E-state index contributed by atoms with van der Waals surface area (Å²) in [6.45, 7) is 1.89. The number of halogens is 3. The summed E-state index contributed by atoms with van der Waals surface area (Å²) in [4.78, 5) is 12.6. The normalized spacial score (nSPS) is 18.1. The van der Waals surface area contributed by atoms with E-state index in [1.807, 2.05) is 6.92 Å². The highest BCUT2D eigenvalue weighted by molar-refractivity contribution is 5.89. The van der Waals surface area contributed by atoms with Crippen molar-refractivity contribution < 1.29 is 23.1 Å². The molecule has 128 valence electrons. The van der Waals surface area contributed by atoms with Gasteiger partial charge in [-0.05, 0) is 44.2 Å². The van der Waals surface area contributed by atoms with Gasteiger partial charge >= 0.3 is 6.18 Å². The van der Waals surface area contributed by atoms with Gasteiger partial charge in [-0.3, -0.25) is 4.79 Å². The zero-order chi connectivity index (χ0) is 17.1. The molecule has 1 saturated carbocycles. The lowest BCUT2D eigenvalue weighted by Crippen LogP contribution is -2.51. The Morgan fingerprint density at radius 2 is 2.09 bits per heavy atom. The van der Waals surface area contributed by atoms with E-state index in [4.69, 9.17) is 5.11 Å². The van der Waals surface area contributed by atoms with Crippen molar-refractivity contribution in [1.82, 2.24) is 5.32 Å². The predicted octanol–water partition coefficient (Wildman–Crippen LogP) is 3.40. The fourth-order valence-corrected chi connectivity index (χ4v) is 3.00. The van der Waals surface area contributed by atoms with Crippen LogP contribution in [0.1, 0.15) is 50.2 Å². The van der Waals surface area contributed by atoms with Crippen LogP contribution in [0.4, 0.5) is 13.2 Å². The van der Waals surface area contributed by atoms with Gasteiger partial charge in [0.15, 0.2) is 0 Å². The minimum atomic E-state index is -4.41. The summed E-state index contributed by atoms with van der Waals surface area (Å²) in [6, 6.07) is 4.97. The monoisotopic (exact) mass is 329 g/mol. The van der Waals surface area contributed by atoms with E-state index in [-0.39, 0.29) is 18.6 Å². The summed E-state index contributed by atoms with van der Waals surface area (Å²) in [5.41, 5.74) is -1.14. The number of carbonyl (C=O) groups excluding carboxylic acids is 1. The van der Waals surface area contributed by atoms with Gasteiger partial charge in [-0.1, -0.05) is 24.6 Å². The van der Waals surface area contributed by atoms with E-state index in [1.54, 1.807) is 6.07 Å². The van der Waals surface area contributed by atoms with Gasteiger partial charge in [0.25, 0.3) is 0 Å². The Balaban J connectivity index is 2.19. The van der Waals surface area contributed by atoms with E-state index >= 15 is 0 Å². The van der Waals surface area contributed by atoms with Crippen LogP contribution in [-0.4, -0.2) is 23.7 Å². The van der Waals surface area contributed by atoms with E-state index in [1.165, 1.54) is 6.07 Å². The first kappa shape index (κ1) is 17.8. The molecule has 0 saturated heterocycles. The molecule has 2 rings (SSSR count). The molecule has 1 aromatic rings. The van der Waals surface area contributed by atoms with Crippen molar-refractivity contribution in [2.24, 2.45) is 0 Å². The third-order valence-corrected chi connectivity index (χ3v) is 4.56. The molecule has 1 atom stereocenters. The molecule has 6 heteroatoms. The molecule has 0 radical (unpaired) electrons. The Morgan fingerprint density at radius 1 is 1.39 bits per heavy atom. The third-order valence-electron chi connectivity index (χ3n) is 4.56. The molecule has 0 spiro atoms. The van der Waals surface area contributed by atoms with Crippen LogP contribution in [0.5, 0.6) is 0 Å². The standard InChI is InChI=1S/C17H22F3NO2/c1-12(5-3-10-22)21-15(23)16(8-4-9-16)13-6-2-7-14(11-13)17(18,19)20/h2,6-7,11-12,22H,3-5,8-10H2,1H3,(H,21,23). The SMILES string of the molecule is CC(CCCO)NC(=O)C1(c2cccc(C(F)(F)F)c2)CCC1. The molecular formula is C17H22F3NO2. The number of rotatable bonds is 6. The van der Waals surface area contributed by atoms with E-state index in [0.29, 0.717) is 31.2 Å². The van der Waals surface area contributed by atoms with Crippen molar-refractivity contribution in [2.45, 2.75) is 56.7 Å². The van der Waals surface area contributed by atoms with Crippen LogP contribution < -0.4 is 5.32 Å². The van der Waals surface area contributed by atoms with Crippen LogP contribution in [-0.2, 0) is 16.4 Å². The molecule has 0 aliphatic heterocycles. The summed E-state index contributed by atoms with van der Waals surface area (Å²) >= 11 is 0. The van der Waals surface area contributed by atoms with Gasteiger partial charge in [-0.25, -0.2) is 0 Å². The highest BCUT2D eigenvalue weighted by Gasteiger charge is 2.46. The van der Waals surface area contributed by atoms with Gasteiger partial charge in [0, 0.05) is 12.6 Å². The van der Waals surface area contributed by atoms with E-state index in [9.17, 15) is 18.0 Å². The van der Waals surface area contributed by atoms with Crippen molar-refractivity contribution in [1.29, 1.82) is 0 Å². The maximum Gasteiger partial charge on any atom is 0.416 e. The lowest BCUT2D eigenvalue weighted by atomic mass is 9.63. The molecule has 23 heavy (non-hydrogen) atoms. The van der Waals surface area contributed by atoms with E-state index in [0.717, 1.165) is 18.6 Å². The number of nitrogens with one attached hydrogen (secondary N) is 1. The summed E-state index contributed by atoms with van der Waals surface area (Å²) in [6.07, 6.45) is -1.24. The van der Waals surface area contributed by atoms with Crippen LogP contribution >= 0.6 is 0 Å². The number of hydrogen-bond donors (Lipinski definition) is 2. The minimum Gasteiger partial charge on any atom is -0.396 e. The molecular weight excluding hydrogens is 307 g/mol. The molecule has 1 amide bonds. The average molecular weight is 329 g/mol. The third kappa shape index (κ3) is 3.86. The number of hydrogen-bond acceptors (Lipinski definition) is 2. The zero-order valence-corrected chi connectivity index (χ0v) is 13.1. The minimum absolute atomic E-state index is 0.0545. The molecule has 1 aliphatic carbocycles. The van der Waals surface area contributed by atoms with Gasteiger partial charge in [0.2, 0.25) is 5.91 Å². The lowest BCUT2D eigenvalue weighted by molar-refractivity contribution is -0.138. The second kappa shape index (κ2) is 6.91. The highest BCUT2D eigenvalue weighted by atomic mass is 19.4. The Morgan fingerprint density at radius 3 is 2.61 bits per heavy atom. The largest absolute Gasteiger partial charge is 0.416 e. The first-order valence-corrected chi connectivity index (χ1v) is 7.89. The quantitative estimate of drug-likeness (QED) is 0.840. The maximum absolute atomic E-state index is 12.9. The second-order valence-corrected chi connectivity index (χ2v) is 6.25. The maximum atomic E-state index is 12.9. The molecule has 0 heterocycles. The smallest absolute Gasteiger partial charge is 0.396 e. The molecule has 1 aliphatic rings. The Labute approximate surface area is 133 Å². The molecule has 0 bridgehead atoms. The number of aliphatic hydroxyl groups excluding tert-OH is 1. The van der Waals surface area contributed by atoms with Crippen molar-refractivity contribution in [3.05, 3.63) is 35.4 Å². The molecule has 1 fully saturated rings. The zero-order valence-electron chi connectivity index (χ0n) is 13.1. The van der Waals surface area contributed by atoms with Gasteiger partial charge in [0.1, 0.15) is 0 Å². The first-order chi connectivity index (χ1) is 10.8. The predicted molar refractivity (Wildman–Crippen MR) is 80.9 cm³/mol. The Kier molecular flexibility index (Phi) is 5.34. The fourth-order valence-electron chi connectivity index (χ4n) is 3.00. The Hall–Kier alpha value is -1.56. The lowest BCUT2D eigenvalue weighted by Gasteiger charge is -2.41. The van der Waals surface area contributed by atoms with Gasteiger partial charge in [-0.15, -0.1) is 0 Å². The second-order valence-electron chi connectivity index (χ2n) is 6.25. The van der Waals surface area contributed by atoms with Crippen LogP contribution in [0, 0.1) is 0 Å². The number of alkyl halides is 3. The average Bonchev–Trinajstić information content (AvgIpc) is 2.43. The van der Waals surface area contributed by atoms with Crippen LogP contribution in [0.25, 0.3) is 0 Å². The van der Waals surface area contributed by atoms with Crippen molar-refractivity contribution in [3.8, 4) is 0 Å². The first-order valence-electron chi connectivity index (χ1n) is 7.89. The summed E-state index contributed by atoms with van der Waals surface area (Å²) in [5.74, 6) is -0.214. The summed E-state index contributed by atoms with van der Waals surface area (Å²) in [7, 11) is 0. The number of aliphatic hydroxyl groups is 1. The van der Waals surface area contributed by atoms with Crippen LogP contribution in [0.3, 0.4) is 0 Å². The van der Waals surface area contributed by atoms with Gasteiger partial charge in [-0.2, -0.15) is 13.2 Å². The number of carbonyl (C=O) groups is 1.